The van der Waals surface area contributed by atoms with E-state index in [1.807, 2.05) is 13.8 Å². The molecule has 1 atom stereocenters. The Morgan fingerprint density at radius 3 is 2.29 bits per heavy atom. The van der Waals surface area contributed by atoms with Crippen LogP contribution in [0.5, 0.6) is 0 Å². The summed E-state index contributed by atoms with van der Waals surface area (Å²) in [6.07, 6.45) is 4.78. The van der Waals surface area contributed by atoms with Crippen molar-refractivity contribution in [1.82, 2.24) is 9.97 Å². The number of hydrogen-bond acceptors (Lipinski definition) is 5. The first-order valence-electron chi connectivity index (χ1n) is 8.20. The van der Waals surface area contributed by atoms with E-state index in [1.54, 1.807) is 0 Å². The maximum atomic E-state index is 9.64. The highest BCUT2D eigenvalue weighted by atomic mass is 16.3. The molecule has 0 bridgehead atoms. The summed E-state index contributed by atoms with van der Waals surface area (Å²) < 4.78 is 0. The van der Waals surface area contributed by atoms with Gasteiger partial charge in [-0.05, 0) is 39.0 Å². The lowest BCUT2D eigenvalue weighted by molar-refractivity contribution is 0.164. The minimum absolute atomic E-state index is 0.236. The van der Waals surface area contributed by atoms with E-state index in [0.29, 0.717) is 5.92 Å². The van der Waals surface area contributed by atoms with Crippen LogP contribution in [0.25, 0.3) is 0 Å². The average Bonchev–Trinajstić information content (AvgIpc) is 3.32. The Labute approximate surface area is 127 Å². The van der Waals surface area contributed by atoms with Crippen LogP contribution in [0, 0.1) is 6.92 Å². The first kappa shape index (κ1) is 16.0. The molecule has 1 unspecified atom stereocenters. The van der Waals surface area contributed by atoms with Gasteiger partial charge in [-0.1, -0.05) is 13.8 Å². The van der Waals surface area contributed by atoms with Crippen LogP contribution in [0.2, 0.25) is 0 Å². The summed E-state index contributed by atoms with van der Waals surface area (Å²) in [7, 11) is 0. The van der Waals surface area contributed by atoms with Gasteiger partial charge in [-0.15, -0.1) is 0 Å². The number of hydrogen-bond donors (Lipinski definition) is 3. The summed E-state index contributed by atoms with van der Waals surface area (Å²) in [5, 5.41) is 16.4. The number of nitrogens with one attached hydrogen (secondary N) is 2. The molecule has 5 nitrogen and oxygen atoms in total. The van der Waals surface area contributed by atoms with E-state index < -0.39 is 0 Å². The number of aliphatic hydroxyl groups excluding tert-OH is 1. The van der Waals surface area contributed by atoms with E-state index in [4.69, 9.17) is 0 Å². The van der Waals surface area contributed by atoms with Gasteiger partial charge in [0.05, 0.1) is 6.10 Å². The molecule has 118 valence electrons. The summed E-state index contributed by atoms with van der Waals surface area (Å²) in [4.78, 5) is 9.36. The van der Waals surface area contributed by atoms with Gasteiger partial charge in [0, 0.05) is 24.6 Å². The largest absolute Gasteiger partial charge is 0.393 e. The minimum Gasteiger partial charge on any atom is -0.393 e. The van der Waals surface area contributed by atoms with Gasteiger partial charge in [0.15, 0.2) is 0 Å². The molecule has 0 amide bonds. The maximum Gasteiger partial charge on any atom is 0.136 e. The second-order valence-electron chi connectivity index (χ2n) is 5.88. The lowest BCUT2D eigenvalue weighted by atomic mass is 10.2. The quantitative estimate of drug-likeness (QED) is 0.652. The van der Waals surface area contributed by atoms with Crippen LogP contribution in [0.3, 0.4) is 0 Å². The molecule has 1 fully saturated rings. The fourth-order valence-electron chi connectivity index (χ4n) is 2.21. The van der Waals surface area contributed by atoms with E-state index in [-0.39, 0.29) is 6.10 Å². The molecule has 2 rings (SSSR count). The SMILES string of the molecule is CCCNc1nc(C2CC2)nc(NCCC(O)CC)c1C. The Morgan fingerprint density at radius 1 is 1.14 bits per heavy atom. The standard InChI is InChI=1S/C16H28N4O/c1-4-9-17-14-11(3)15(18-10-8-13(21)5-2)20-16(19-14)12-6-7-12/h12-13,21H,4-10H2,1-3H3,(H2,17,18,19,20). The molecular formula is C16H28N4O. The summed E-state index contributed by atoms with van der Waals surface area (Å²) in [6.45, 7) is 7.86. The molecule has 5 heteroatoms. The summed E-state index contributed by atoms with van der Waals surface area (Å²) in [5.74, 6) is 3.35. The van der Waals surface area contributed by atoms with Gasteiger partial charge in [0.1, 0.15) is 17.5 Å². The molecule has 0 aromatic carbocycles. The molecule has 1 aliphatic carbocycles. The Kier molecular flexibility index (Phi) is 5.79. The van der Waals surface area contributed by atoms with Crippen LogP contribution in [0.15, 0.2) is 0 Å². The van der Waals surface area contributed by atoms with E-state index >= 15 is 0 Å². The van der Waals surface area contributed by atoms with E-state index in [1.165, 1.54) is 12.8 Å². The lowest BCUT2D eigenvalue weighted by Gasteiger charge is -2.15. The predicted molar refractivity (Wildman–Crippen MR) is 86.9 cm³/mol. The van der Waals surface area contributed by atoms with E-state index in [0.717, 1.165) is 55.4 Å². The molecular weight excluding hydrogens is 264 g/mol. The molecule has 0 saturated heterocycles. The Morgan fingerprint density at radius 2 is 1.76 bits per heavy atom. The van der Waals surface area contributed by atoms with Crippen LogP contribution in [0.4, 0.5) is 11.6 Å². The van der Waals surface area contributed by atoms with Crippen molar-refractivity contribution in [1.29, 1.82) is 0 Å². The van der Waals surface area contributed by atoms with Gasteiger partial charge >= 0.3 is 0 Å². The molecule has 1 heterocycles. The highest BCUT2D eigenvalue weighted by Gasteiger charge is 2.28. The average molecular weight is 292 g/mol. The molecule has 21 heavy (non-hydrogen) atoms. The summed E-state index contributed by atoms with van der Waals surface area (Å²) in [5.41, 5.74) is 1.07. The van der Waals surface area contributed by atoms with Crippen molar-refractivity contribution in [3.63, 3.8) is 0 Å². The van der Waals surface area contributed by atoms with Gasteiger partial charge in [-0.3, -0.25) is 0 Å². The third-order valence-corrected chi connectivity index (χ3v) is 3.89. The topological polar surface area (TPSA) is 70.1 Å². The monoisotopic (exact) mass is 292 g/mol. The summed E-state index contributed by atoms with van der Waals surface area (Å²) in [6, 6.07) is 0. The maximum absolute atomic E-state index is 9.64. The second-order valence-corrected chi connectivity index (χ2v) is 5.88. The number of aliphatic hydroxyl groups is 1. The molecule has 3 N–H and O–H groups in total. The molecule has 0 radical (unpaired) electrons. The fourth-order valence-corrected chi connectivity index (χ4v) is 2.21. The van der Waals surface area contributed by atoms with Crippen molar-refractivity contribution >= 4 is 11.6 Å². The molecule has 0 spiro atoms. The van der Waals surface area contributed by atoms with Gasteiger partial charge in [-0.25, -0.2) is 9.97 Å². The fraction of sp³-hybridized carbons (Fsp3) is 0.750. The highest BCUT2D eigenvalue weighted by molar-refractivity contribution is 5.57. The first-order valence-corrected chi connectivity index (χ1v) is 8.20. The number of rotatable bonds is 9. The normalized spacial score (nSPS) is 15.8. The van der Waals surface area contributed by atoms with Crippen molar-refractivity contribution in [3.8, 4) is 0 Å². The molecule has 1 saturated carbocycles. The smallest absolute Gasteiger partial charge is 0.136 e. The van der Waals surface area contributed by atoms with Crippen LogP contribution in [-0.2, 0) is 0 Å². The van der Waals surface area contributed by atoms with Crippen molar-refractivity contribution in [2.24, 2.45) is 0 Å². The Bertz CT molecular complexity index is 460. The molecule has 1 aromatic heterocycles. The second kappa shape index (κ2) is 7.59. The number of aromatic nitrogens is 2. The van der Waals surface area contributed by atoms with Crippen LogP contribution in [-0.4, -0.2) is 34.3 Å². The van der Waals surface area contributed by atoms with Gasteiger partial charge in [-0.2, -0.15) is 0 Å². The van der Waals surface area contributed by atoms with Crippen LogP contribution in [0.1, 0.15) is 63.3 Å². The first-order chi connectivity index (χ1) is 10.2. The zero-order valence-electron chi connectivity index (χ0n) is 13.4. The number of anilines is 2. The molecule has 1 aliphatic rings. The third-order valence-electron chi connectivity index (χ3n) is 3.89. The molecule has 1 aromatic rings. The van der Waals surface area contributed by atoms with Crippen LogP contribution >= 0.6 is 0 Å². The lowest BCUT2D eigenvalue weighted by Crippen LogP contribution is -2.15. The van der Waals surface area contributed by atoms with E-state index in [9.17, 15) is 5.11 Å². The van der Waals surface area contributed by atoms with Gasteiger partial charge in [0.25, 0.3) is 0 Å². The van der Waals surface area contributed by atoms with Crippen molar-refractivity contribution in [2.45, 2.75) is 64.9 Å². The van der Waals surface area contributed by atoms with Crippen LogP contribution < -0.4 is 10.6 Å². The summed E-state index contributed by atoms with van der Waals surface area (Å²) >= 11 is 0. The zero-order chi connectivity index (χ0) is 15.2. The zero-order valence-corrected chi connectivity index (χ0v) is 13.4. The van der Waals surface area contributed by atoms with Crippen molar-refractivity contribution in [2.75, 3.05) is 23.7 Å². The molecule has 0 aliphatic heterocycles. The Balaban J connectivity index is 2.08. The Hall–Kier alpha value is -1.36. The van der Waals surface area contributed by atoms with E-state index in [2.05, 4.69) is 27.5 Å². The van der Waals surface area contributed by atoms with Crippen molar-refractivity contribution in [3.05, 3.63) is 11.4 Å². The van der Waals surface area contributed by atoms with Gasteiger partial charge in [0.2, 0.25) is 0 Å². The van der Waals surface area contributed by atoms with Gasteiger partial charge < -0.3 is 15.7 Å². The third kappa shape index (κ3) is 4.56. The minimum atomic E-state index is -0.236. The van der Waals surface area contributed by atoms with Crippen molar-refractivity contribution < 1.29 is 5.11 Å². The predicted octanol–water partition coefficient (Wildman–Crippen LogP) is 3.06. The number of nitrogens with zero attached hydrogens (tertiary/aromatic N) is 2. The highest BCUT2D eigenvalue weighted by Crippen LogP contribution is 2.39.